The van der Waals surface area contributed by atoms with Crippen LogP contribution in [0.25, 0.3) is 0 Å². The number of benzene rings is 1. The van der Waals surface area contributed by atoms with Crippen molar-refractivity contribution in [1.29, 1.82) is 0 Å². The van der Waals surface area contributed by atoms with E-state index < -0.39 is 0 Å². The fraction of sp³-hybridized carbons (Fsp3) is 0.600. The van der Waals surface area contributed by atoms with E-state index in [9.17, 15) is 0 Å². The molecule has 17 heavy (non-hydrogen) atoms. The lowest BCUT2D eigenvalue weighted by atomic mass is 10.1. The lowest BCUT2D eigenvalue weighted by Gasteiger charge is -2.17. The van der Waals surface area contributed by atoms with E-state index in [0.717, 1.165) is 25.1 Å². The van der Waals surface area contributed by atoms with Gasteiger partial charge < -0.3 is 10.1 Å². The molecule has 2 heteroatoms. The molecule has 0 radical (unpaired) electrons. The van der Waals surface area contributed by atoms with Crippen LogP contribution >= 0.6 is 0 Å². The van der Waals surface area contributed by atoms with Crippen molar-refractivity contribution in [3.63, 3.8) is 0 Å². The van der Waals surface area contributed by atoms with E-state index in [4.69, 9.17) is 4.74 Å². The highest BCUT2D eigenvalue weighted by Crippen LogP contribution is 2.37. The summed E-state index contributed by atoms with van der Waals surface area (Å²) < 4.78 is 6.01. The summed E-state index contributed by atoms with van der Waals surface area (Å²) in [5.74, 6) is 1.09. The summed E-state index contributed by atoms with van der Waals surface area (Å²) in [6.07, 6.45) is 3.70. The monoisotopic (exact) mass is 233 g/mol. The highest BCUT2D eigenvalue weighted by Gasteiger charge is 2.24. The maximum absolute atomic E-state index is 6.01. The van der Waals surface area contributed by atoms with Gasteiger partial charge in [0, 0.05) is 6.04 Å². The van der Waals surface area contributed by atoms with Gasteiger partial charge in [-0.25, -0.2) is 0 Å². The molecule has 0 bridgehead atoms. The second-order valence-corrected chi connectivity index (χ2v) is 4.81. The number of hydrogen-bond acceptors (Lipinski definition) is 2. The van der Waals surface area contributed by atoms with E-state index in [0.29, 0.717) is 12.1 Å². The number of fused-ring (bicyclic) bond motifs is 1. The van der Waals surface area contributed by atoms with Crippen LogP contribution in [0.2, 0.25) is 0 Å². The van der Waals surface area contributed by atoms with Gasteiger partial charge in [-0.2, -0.15) is 0 Å². The Balaban J connectivity index is 2.20. The Hall–Kier alpha value is -1.02. The van der Waals surface area contributed by atoms with E-state index in [1.807, 2.05) is 0 Å². The number of rotatable bonds is 5. The van der Waals surface area contributed by atoms with Crippen LogP contribution in [0.4, 0.5) is 0 Å². The smallest absolute Gasteiger partial charge is 0.123 e. The average molecular weight is 233 g/mol. The molecule has 0 amide bonds. The van der Waals surface area contributed by atoms with Gasteiger partial charge in [-0.3, -0.25) is 0 Å². The molecule has 0 aliphatic heterocycles. The van der Waals surface area contributed by atoms with Crippen molar-refractivity contribution in [2.75, 3.05) is 6.54 Å². The molecular weight excluding hydrogens is 210 g/mol. The van der Waals surface area contributed by atoms with Gasteiger partial charge in [0.25, 0.3) is 0 Å². The van der Waals surface area contributed by atoms with Gasteiger partial charge in [-0.1, -0.05) is 26.0 Å². The zero-order valence-electron chi connectivity index (χ0n) is 11.1. The van der Waals surface area contributed by atoms with E-state index in [1.165, 1.54) is 17.5 Å². The van der Waals surface area contributed by atoms with Crippen molar-refractivity contribution < 1.29 is 4.74 Å². The maximum Gasteiger partial charge on any atom is 0.123 e. The Labute approximate surface area is 104 Å². The molecule has 0 fully saturated rings. The van der Waals surface area contributed by atoms with Gasteiger partial charge in [-0.05, 0) is 49.9 Å². The van der Waals surface area contributed by atoms with Crippen LogP contribution in [0.5, 0.6) is 5.75 Å². The van der Waals surface area contributed by atoms with Gasteiger partial charge in [0.1, 0.15) is 5.75 Å². The molecule has 0 saturated heterocycles. The number of nitrogens with one attached hydrogen (secondary N) is 1. The molecule has 0 heterocycles. The van der Waals surface area contributed by atoms with Crippen LogP contribution in [-0.2, 0) is 6.42 Å². The topological polar surface area (TPSA) is 21.3 Å². The molecule has 0 spiro atoms. The normalized spacial score (nSPS) is 20.1. The highest BCUT2D eigenvalue weighted by atomic mass is 16.5. The molecule has 1 aromatic carbocycles. The van der Waals surface area contributed by atoms with Crippen LogP contribution in [0, 0.1) is 0 Å². The van der Waals surface area contributed by atoms with E-state index in [-0.39, 0.29) is 0 Å². The summed E-state index contributed by atoms with van der Waals surface area (Å²) in [5, 5.41) is 3.54. The fourth-order valence-corrected chi connectivity index (χ4v) is 2.49. The van der Waals surface area contributed by atoms with Crippen LogP contribution in [0.15, 0.2) is 18.2 Å². The molecule has 2 nitrogen and oxygen atoms in total. The summed E-state index contributed by atoms with van der Waals surface area (Å²) in [6.45, 7) is 7.49. The molecule has 0 aromatic heterocycles. The minimum atomic E-state index is 0.305. The van der Waals surface area contributed by atoms with Gasteiger partial charge in [0.2, 0.25) is 0 Å². The minimum absolute atomic E-state index is 0.305. The zero-order valence-corrected chi connectivity index (χ0v) is 11.1. The number of hydrogen-bond donors (Lipinski definition) is 1. The third-order valence-electron chi connectivity index (χ3n) is 3.58. The summed E-state index contributed by atoms with van der Waals surface area (Å²) >= 11 is 0. The predicted octanol–water partition coefficient (Wildman–Crippen LogP) is 3.46. The zero-order chi connectivity index (χ0) is 12.3. The molecule has 1 aromatic rings. The highest BCUT2D eigenvalue weighted by molar-refractivity contribution is 5.45. The van der Waals surface area contributed by atoms with Gasteiger partial charge in [0.15, 0.2) is 0 Å². The maximum atomic E-state index is 6.01. The summed E-state index contributed by atoms with van der Waals surface area (Å²) in [7, 11) is 0. The summed E-state index contributed by atoms with van der Waals surface area (Å²) in [6, 6.07) is 6.99. The first kappa shape index (κ1) is 12.4. The lowest BCUT2D eigenvalue weighted by molar-refractivity contribution is 0.215. The molecule has 94 valence electrons. The molecule has 1 aliphatic rings. The summed E-state index contributed by atoms with van der Waals surface area (Å²) in [5.41, 5.74) is 2.85. The second kappa shape index (κ2) is 5.54. The van der Waals surface area contributed by atoms with E-state index in [1.54, 1.807) is 0 Å². The third-order valence-corrected chi connectivity index (χ3v) is 3.58. The predicted molar refractivity (Wildman–Crippen MR) is 71.6 cm³/mol. The SMILES string of the molecule is CCNC1CCc2c(OC(C)CC)cccc21. The van der Waals surface area contributed by atoms with Crippen molar-refractivity contribution in [2.45, 2.75) is 52.2 Å². The summed E-state index contributed by atoms with van der Waals surface area (Å²) in [4.78, 5) is 0. The second-order valence-electron chi connectivity index (χ2n) is 4.81. The Kier molecular flexibility index (Phi) is 4.06. The molecule has 2 unspecified atom stereocenters. The van der Waals surface area contributed by atoms with Crippen LogP contribution in [0.1, 0.15) is 50.8 Å². The average Bonchev–Trinajstić information content (AvgIpc) is 2.74. The first-order chi connectivity index (χ1) is 8.26. The van der Waals surface area contributed by atoms with Gasteiger partial charge in [0.05, 0.1) is 6.10 Å². The minimum Gasteiger partial charge on any atom is -0.490 e. The third kappa shape index (κ3) is 2.63. The molecule has 2 rings (SSSR count). The quantitative estimate of drug-likeness (QED) is 0.841. The lowest BCUT2D eigenvalue weighted by Crippen LogP contribution is -2.18. The van der Waals surface area contributed by atoms with Crippen molar-refractivity contribution in [1.82, 2.24) is 5.32 Å². The standard InChI is InChI=1S/C15H23NO/c1-4-11(3)17-15-8-6-7-12-13(15)9-10-14(12)16-5-2/h6-8,11,14,16H,4-5,9-10H2,1-3H3. The molecule has 1 aliphatic carbocycles. The first-order valence-electron chi connectivity index (χ1n) is 6.78. The van der Waals surface area contributed by atoms with Crippen LogP contribution in [0.3, 0.4) is 0 Å². The van der Waals surface area contributed by atoms with Crippen LogP contribution < -0.4 is 10.1 Å². The number of ether oxygens (including phenoxy) is 1. The van der Waals surface area contributed by atoms with E-state index in [2.05, 4.69) is 44.3 Å². The Bertz CT molecular complexity index is 375. The largest absolute Gasteiger partial charge is 0.490 e. The van der Waals surface area contributed by atoms with Crippen molar-refractivity contribution in [2.24, 2.45) is 0 Å². The molecule has 2 atom stereocenters. The van der Waals surface area contributed by atoms with Gasteiger partial charge in [-0.15, -0.1) is 0 Å². The Morgan fingerprint density at radius 3 is 2.94 bits per heavy atom. The molecule has 0 saturated carbocycles. The molecule has 1 N–H and O–H groups in total. The van der Waals surface area contributed by atoms with Crippen molar-refractivity contribution in [3.8, 4) is 5.75 Å². The Morgan fingerprint density at radius 2 is 2.24 bits per heavy atom. The Morgan fingerprint density at radius 1 is 1.41 bits per heavy atom. The molecular formula is C15H23NO. The van der Waals surface area contributed by atoms with Crippen LogP contribution in [-0.4, -0.2) is 12.6 Å². The fourth-order valence-electron chi connectivity index (χ4n) is 2.49. The van der Waals surface area contributed by atoms with E-state index >= 15 is 0 Å². The van der Waals surface area contributed by atoms with Gasteiger partial charge >= 0.3 is 0 Å². The van der Waals surface area contributed by atoms with Crippen molar-refractivity contribution >= 4 is 0 Å². The first-order valence-corrected chi connectivity index (χ1v) is 6.78. The van der Waals surface area contributed by atoms with Crippen molar-refractivity contribution in [3.05, 3.63) is 29.3 Å².